The number of para-hydroxylation sites is 1. The lowest BCUT2D eigenvalue weighted by Gasteiger charge is -2.00. The number of carbonyl (C=O) groups is 1. The van der Waals surface area contributed by atoms with E-state index in [1.165, 1.54) is 18.2 Å². The highest BCUT2D eigenvalue weighted by Crippen LogP contribution is 2.26. The Labute approximate surface area is 143 Å². The van der Waals surface area contributed by atoms with Crippen molar-refractivity contribution in [3.63, 3.8) is 0 Å². The quantitative estimate of drug-likeness (QED) is 0.588. The van der Waals surface area contributed by atoms with Crippen molar-refractivity contribution in [1.29, 1.82) is 5.26 Å². The summed E-state index contributed by atoms with van der Waals surface area (Å²) >= 11 is 0. The van der Waals surface area contributed by atoms with Crippen LogP contribution in [0.1, 0.15) is 5.56 Å². The third-order valence-corrected chi connectivity index (χ3v) is 3.57. The van der Waals surface area contributed by atoms with Crippen LogP contribution in [0.4, 0.5) is 4.39 Å². The summed E-state index contributed by atoms with van der Waals surface area (Å²) in [7, 11) is 0. The largest absolute Gasteiger partial charge is 0.365 e. The zero-order chi connectivity index (χ0) is 17.8. The highest BCUT2D eigenvalue weighted by Gasteiger charge is 2.13. The molecule has 0 saturated carbocycles. The van der Waals surface area contributed by atoms with Gasteiger partial charge >= 0.3 is 0 Å². The number of aromatic nitrogens is 2. The number of benzene rings is 2. The van der Waals surface area contributed by atoms with Gasteiger partial charge in [-0.3, -0.25) is 4.79 Å². The van der Waals surface area contributed by atoms with E-state index < -0.39 is 5.91 Å². The molecule has 25 heavy (non-hydrogen) atoms. The molecular formula is C19H13FN4O. The van der Waals surface area contributed by atoms with E-state index in [0.717, 1.165) is 5.69 Å². The second-order valence-electron chi connectivity index (χ2n) is 5.25. The van der Waals surface area contributed by atoms with Crippen LogP contribution in [0.15, 0.2) is 66.4 Å². The summed E-state index contributed by atoms with van der Waals surface area (Å²) in [4.78, 5) is 11.4. The highest BCUT2D eigenvalue weighted by molar-refractivity contribution is 6.01. The lowest BCUT2D eigenvalue weighted by molar-refractivity contribution is -0.114. The SMILES string of the molecule is N#C/C(=C/c1cn(-c2ccccc2)nc1-c1ccc(F)cc1)C(N)=O. The van der Waals surface area contributed by atoms with Crippen LogP contribution in [0.3, 0.4) is 0 Å². The summed E-state index contributed by atoms with van der Waals surface area (Å²) < 4.78 is 14.8. The van der Waals surface area contributed by atoms with Crippen LogP contribution in [0.25, 0.3) is 23.0 Å². The van der Waals surface area contributed by atoms with Crippen molar-refractivity contribution < 1.29 is 9.18 Å². The van der Waals surface area contributed by atoms with Gasteiger partial charge in [0.2, 0.25) is 0 Å². The van der Waals surface area contributed by atoms with Crippen molar-refractivity contribution in [2.24, 2.45) is 5.73 Å². The number of nitrogens with zero attached hydrogens (tertiary/aromatic N) is 3. The van der Waals surface area contributed by atoms with Crippen molar-refractivity contribution in [2.75, 3.05) is 0 Å². The van der Waals surface area contributed by atoms with Crippen LogP contribution >= 0.6 is 0 Å². The molecule has 0 radical (unpaired) electrons. The summed E-state index contributed by atoms with van der Waals surface area (Å²) in [5.41, 5.74) is 7.54. The smallest absolute Gasteiger partial charge is 0.259 e. The van der Waals surface area contributed by atoms with Crippen LogP contribution in [0.5, 0.6) is 0 Å². The lowest BCUT2D eigenvalue weighted by Crippen LogP contribution is -2.12. The van der Waals surface area contributed by atoms with Gasteiger partial charge in [0, 0.05) is 17.3 Å². The first-order valence-corrected chi connectivity index (χ1v) is 7.41. The first kappa shape index (κ1) is 16.1. The molecule has 2 aromatic carbocycles. The number of rotatable bonds is 4. The number of nitrogens with two attached hydrogens (primary N) is 1. The molecule has 0 aliphatic carbocycles. The first-order chi connectivity index (χ1) is 12.1. The standard InChI is InChI=1S/C19H13FN4O/c20-16-8-6-13(7-9-16)18-15(10-14(11-21)19(22)25)12-24(23-18)17-4-2-1-3-5-17/h1-10,12H,(H2,22,25)/b14-10-. The van der Waals surface area contributed by atoms with E-state index >= 15 is 0 Å². The number of carbonyl (C=O) groups excluding carboxylic acids is 1. The molecule has 1 aromatic heterocycles. The van der Waals surface area contributed by atoms with E-state index in [0.29, 0.717) is 16.8 Å². The topological polar surface area (TPSA) is 84.7 Å². The Morgan fingerprint density at radius 1 is 1.16 bits per heavy atom. The fourth-order valence-electron chi connectivity index (χ4n) is 2.35. The van der Waals surface area contributed by atoms with Gasteiger partial charge in [-0.1, -0.05) is 18.2 Å². The molecule has 6 heteroatoms. The number of halogens is 1. The molecule has 0 unspecified atom stereocenters. The van der Waals surface area contributed by atoms with Gasteiger partial charge in [0.15, 0.2) is 0 Å². The number of amides is 1. The van der Waals surface area contributed by atoms with Crippen LogP contribution in [0, 0.1) is 17.1 Å². The maximum Gasteiger partial charge on any atom is 0.259 e. The van der Waals surface area contributed by atoms with Gasteiger partial charge in [-0.2, -0.15) is 10.4 Å². The summed E-state index contributed by atoms with van der Waals surface area (Å²) in [6.07, 6.45) is 3.07. The van der Waals surface area contributed by atoms with Gasteiger partial charge < -0.3 is 5.73 Å². The fraction of sp³-hybridized carbons (Fsp3) is 0. The predicted octanol–water partition coefficient (Wildman–Crippen LogP) is 3.07. The van der Waals surface area contributed by atoms with Crippen LogP contribution in [0.2, 0.25) is 0 Å². The van der Waals surface area contributed by atoms with E-state index in [9.17, 15) is 9.18 Å². The van der Waals surface area contributed by atoms with Crippen molar-refractivity contribution in [1.82, 2.24) is 9.78 Å². The lowest BCUT2D eigenvalue weighted by atomic mass is 10.1. The molecular weight excluding hydrogens is 319 g/mol. The summed E-state index contributed by atoms with van der Waals surface area (Å²) in [5.74, 6) is -1.18. The molecule has 0 aliphatic rings. The zero-order valence-corrected chi connectivity index (χ0v) is 13.1. The van der Waals surface area contributed by atoms with Crippen molar-refractivity contribution >= 4 is 12.0 Å². The Kier molecular flexibility index (Phi) is 4.40. The zero-order valence-electron chi connectivity index (χ0n) is 13.1. The molecule has 1 amide bonds. The van der Waals surface area contributed by atoms with Crippen molar-refractivity contribution in [3.05, 3.63) is 77.7 Å². The average molecular weight is 332 g/mol. The molecule has 2 N–H and O–H groups in total. The number of nitriles is 1. The second kappa shape index (κ2) is 6.81. The van der Waals surface area contributed by atoms with Crippen molar-refractivity contribution in [2.45, 2.75) is 0 Å². The Bertz CT molecular complexity index is 983. The van der Waals surface area contributed by atoms with Crippen LogP contribution < -0.4 is 5.73 Å². The van der Waals surface area contributed by atoms with E-state index in [1.54, 1.807) is 29.1 Å². The molecule has 0 fully saturated rings. The van der Waals surface area contributed by atoms with Gasteiger partial charge in [0.25, 0.3) is 5.91 Å². The Morgan fingerprint density at radius 3 is 2.44 bits per heavy atom. The Hall–Kier alpha value is -3.72. The minimum atomic E-state index is -0.819. The summed E-state index contributed by atoms with van der Waals surface area (Å²) in [6.45, 7) is 0. The molecule has 3 rings (SSSR count). The minimum Gasteiger partial charge on any atom is -0.365 e. The van der Waals surface area contributed by atoms with E-state index in [-0.39, 0.29) is 11.4 Å². The molecule has 0 aliphatic heterocycles. The molecule has 0 bridgehead atoms. The van der Waals surface area contributed by atoms with Crippen LogP contribution in [-0.4, -0.2) is 15.7 Å². The number of hydrogen-bond acceptors (Lipinski definition) is 3. The van der Waals surface area contributed by atoms with E-state index in [4.69, 9.17) is 11.0 Å². The third-order valence-electron chi connectivity index (χ3n) is 3.57. The monoisotopic (exact) mass is 332 g/mol. The van der Waals surface area contributed by atoms with E-state index in [2.05, 4.69) is 5.10 Å². The molecule has 0 spiro atoms. The highest BCUT2D eigenvalue weighted by atomic mass is 19.1. The predicted molar refractivity (Wildman–Crippen MR) is 91.7 cm³/mol. The second-order valence-corrected chi connectivity index (χ2v) is 5.25. The molecule has 0 saturated heterocycles. The number of hydrogen-bond donors (Lipinski definition) is 1. The third kappa shape index (κ3) is 3.46. The summed E-state index contributed by atoms with van der Waals surface area (Å²) in [5, 5.41) is 13.6. The summed E-state index contributed by atoms with van der Waals surface area (Å²) in [6, 6.07) is 17.0. The van der Waals surface area contributed by atoms with E-state index in [1.807, 2.05) is 30.3 Å². The van der Waals surface area contributed by atoms with Gasteiger partial charge in [-0.25, -0.2) is 9.07 Å². The Balaban J connectivity index is 2.18. The minimum absolute atomic E-state index is 0.184. The normalized spacial score (nSPS) is 11.1. The molecule has 0 atom stereocenters. The van der Waals surface area contributed by atoms with Gasteiger partial charge in [0.05, 0.1) is 11.4 Å². The molecule has 1 heterocycles. The maximum absolute atomic E-state index is 13.2. The van der Waals surface area contributed by atoms with Crippen LogP contribution in [-0.2, 0) is 4.79 Å². The van der Waals surface area contributed by atoms with Crippen molar-refractivity contribution in [3.8, 4) is 23.0 Å². The Morgan fingerprint density at radius 2 is 1.84 bits per heavy atom. The van der Waals surface area contributed by atoms with Gasteiger partial charge in [0.1, 0.15) is 17.5 Å². The molecule has 122 valence electrons. The maximum atomic E-state index is 13.2. The molecule has 5 nitrogen and oxygen atoms in total. The fourth-order valence-corrected chi connectivity index (χ4v) is 2.35. The van der Waals surface area contributed by atoms with Gasteiger partial charge in [-0.05, 0) is 42.5 Å². The first-order valence-electron chi connectivity index (χ1n) is 7.41. The molecule has 3 aromatic rings. The van der Waals surface area contributed by atoms with Gasteiger partial charge in [-0.15, -0.1) is 0 Å². The number of primary amides is 1. The average Bonchev–Trinajstić information content (AvgIpc) is 3.04.